The topological polar surface area (TPSA) is 191 Å². The Kier molecular flexibility index (Phi) is 4.25. The van der Waals surface area contributed by atoms with Crippen molar-refractivity contribution in [3.8, 4) is 11.5 Å². The number of aromatic amines is 1. The van der Waals surface area contributed by atoms with Gasteiger partial charge in [0, 0.05) is 18.5 Å². The summed E-state index contributed by atoms with van der Waals surface area (Å²) >= 11 is 0. The number of carbonyl (C=O) groups excluding carboxylic acids is 3. The molecule has 7 N–H and O–H groups in total. The maximum Gasteiger partial charge on any atom is 0.322 e. The number of aryl methyl sites for hydroxylation is 1. The molecule has 12 heteroatoms. The van der Waals surface area contributed by atoms with E-state index in [1.807, 2.05) is 19.1 Å². The third kappa shape index (κ3) is 2.94. The summed E-state index contributed by atoms with van der Waals surface area (Å²) in [6.45, 7) is 1.91. The fourth-order valence-corrected chi connectivity index (χ4v) is 4.58. The number of aromatic hydroxyl groups is 1. The van der Waals surface area contributed by atoms with Crippen LogP contribution in [0, 0.1) is 12.3 Å². The lowest BCUT2D eigenvalue weighted by molar-refractivity contribution is -0.127. The van der Waals surface area contributed by atoms with Gasteiger partial charge in [-0.2, -0.15) is 0 Å². The van der Waals surface area contributed by atoms with E-state index in [9.17, 15) is 24.3 Å². The molecule has 2 unspecified atom stereocenters. The van der Waals surface area contributed by atoms with E-state index in [-0.39, 0.29) is 42.6 Å². The summed E-state index contributed by atoms with van der Waals surface area (Å²) < 4.78 is 5.77. The Balaban J connectivity index is 1.51. The third-order valence-electron chi connectivity index (χ3n) is 6.23. The number of amides is 4. The Morgan fingerprint density at radius 2 is 2.09 bits per heavy atom. The number of nitrogen functional groups attached to an aromatic ring is 1. The summed E-state index contributed by atoms with van der Waals surface area (Å²) in [6, 6.07) is 4.74. The number of imide groups is 1. The molecule has 1 fully saturated rings. The van der Waals surface area contributed by atoms with Gasteiger partial charge in [0.2, 0.25) is 0 Å². The summed E-state index contributed by atoms with van der Waals surface area (Å²) in [7, 11) is 0. The van der Waals surface area contributed by atoms with E-state index in [1.54, 1.807) is 6.07 Å². The lowest BCUT2D eigenvalue weighted by Gasteiger charge is -2.34. The van der Waals surface area contributed by atoms with Crippen molar-refractivity contribution in [3.05, 3.63) is 56.5 Å². The van der Waals surface area contributed by atoms with Gasteiger partial charge in [-0.15, -0.1) is 0 Å². The first-order chi connectivity index (χ1) is 15.6. The summed E-state index contributed by atoms with van der Waals surface area (Å²) in [4.78, 5) is 54.9. The zero-order chi connectivity index (χ0) is 23.7. The number of nitrogens with one attached hydrogen (secondary N) is 4. The van der Waals surface area contributed by atoms with E-state index < -0.39 is 40.6 Å². The Morgan fingerprint density at radius 3 is 2.76 bits per heavy atom. The molecule has 0 bridgehead atoms. The van der Waals surface area contributed by atoms with E-state index in [2.05, 4.69) is 15.6 Å². The fourth-order valence-electron chi connectivity index (χ4n) is 4.58. The standard InChI is InChI=1S/C21H20N6O6/c1-8-2-3-9-6-27(18(30)10(9)4-8)7-21(19(31)25-20(32)26-21)12-5-11-16(33-12)15(29)14(28)13(24-11)17(22)23/h2-4,12,28H,5-7H2,1H3,(H3,22,23)(H,24,29)(H2,25,26,31,32). The highest BCUT2D eigenvalue weighted by Crippen LogP contribution is 2.35. The van der Waals surface area contributed by atoms with E-state index >= 15 is 0 Å². The summed E-state index contributed by atoms with van der Waals surface area (Å²) in [5, 5.41) is 22.4. The van der Waals surface area contributed by atoms with Crippen LogP contribution in [0.15, 0.2) is 23.0 Å². The largest absolute Gasteiger partial charge is 0.502 e. The normalized spacial score (nSPS) is 23.1. The second kappa shape index (κ2) is 6.82. The van der Waals surface area contributed by atoms with Crippen molar-refractivity contribution in [2.75, 3.05) is 6.54 Å². The minimum absolute atomic E-state index is 0.0348. The minimum atomic E-state index is -1.69. The van der Waals surface area contributed by atoms with Crippen molar-refractivity contribution in [3.63, 3.8) is 0 Å². The number of hydrogen-bond donors (Lipinski definition) is 6. The molecule has 12 nitrogen and oxygen atoms in total. The van der Waals surface area contributed by atoms with Gasteiger partial charge in [0.25, 0.3) is 17.2 Å². The van der Waals surface area contributed by atoms with Gasteiger partial charge in [-0.3, -0.25) is 25.1 Å². The number of nitrogens with zero attached hydrogens (tertiary/aromatic N) is 1. The molecule has 1 aromatic carbocycles. The van der Waals surface area contributed by atoms with Crippen LogP contribution in [0.4, 0.5) is 4.79 Å². The SMILES string of the molecule is Cc1ccc2c(c1)C(=O)N(CC1(C3Cc4[nH]c(C(=N)N)c(O)c(=O)c4O3)NC(=O)NC1=O)C2. The van der Waals surface area contributed by atoms with Crippen LogP contribution in [0.3, 0.4) is 0 Å². The predicted molar refractivity (Wildman–Crippen MR) is 113 cm³/mol. The first-order valence-corrected chi connectivity index (χ1v) is 10.1. The predicted octanol–water partition coefficient (Wildman–Crippen LogP) is -0.789. The maximum atomic E-state index is 13.0. The molecule has 0 saturated carbocycles. The quantitative estimate of drug-likeness (QED) is 0.199. The van der Waals surface area contributed by atoms with Crippen molar-refractivity contribution in [2.24, 2.45) is 5.73 Å². The van der Waals surface area contributed by atoms with Crippen molar-refractivity contribution in [2.45, 2.75) is 31.5 Å². The van der Waals surface area contributed by atoms with Crippen LogP contribution in [0.5, 0.6) is 11.5 Å². The van der Waals surface area contributed by atoms with Gasteiger partial charge < -0.3 is 30.8 Å². The van der Waals surface area contributed by atoms with Crippen LogP contribution in [-0.4, -0.2) is 56.9 Å². The van der Waals surface area contributed by atoms with Crippen molar-refractivity contribution >= 4 is 23.7 Å². The highest BCUT2D eigenvalue weighted by molar-refractivity contribution is 6.08. The number of aromatic nitrogens is 1. The zero-order valence-corrected chi connectivity index (χ0v) is 17.4. The third-order valence-corrected chi connectivity index (χ3v) is 6.23. The molecular weight excluding hydrogens is 432 g/mol. The molecule has 0 aliphatic carbocycles. The van der Waals surface area contributed by atoms with Crippen molar-refractivity contribution < 1.29 is 24.2 Å². The van der Waals surface area contributed by atoms with Gasteiger partial charge >= 0.3 is 6.03 Å². The lowest BCUT2D eigenvalue weighted by Crippen LogP contribution is -2.64. The molecule has 170 valence electrons. The maximum absolute atomic E-state index is 13.0. The molecule has 1 saturated heterocycles. The van der Waals surface area contributed by atoms with Crippen LogP contribution in [0.1, 0.15) is 32.9 Å². The van der Waals surface area contributed by atoms with Gasteiger partial charge in [0.05, 0.1) is 12.2 Å². The van der Waals surface area contributed by atoms with Gasteiger partial charge in [-0.1, -0.05) is 17.7 Å². The number of fused-ring (bicyclic) bond motifs is 2. The molecular formula is C21H20N6O6. The number of carbonyl (C=O) groups is 3. The highest BCUT2D eigenvalue weighted by atomic mass is 16.5. The molecule has 1 aromatic heterocycles. The number of hydrogen-bond acceptors (Lipinski definition) is 7. The molecule has 5 rings (SSSR count). The van der Waals surface area contributed by atoms with Crippen LogP contribution in [0.2, 0.25) is 0 Å². The highest BCUT2D eigenvalue weighted by Gasteiger charge is 2.57. The summed E-state index contributed by atoms with van der Waals surface area (Å²) in [5.74, 6) is -2.55. The Morgan fingerprint density at radius 1 is 1.33 bits per heavy atom. The van der Waals surface area contributed by atoms with E-state index in [4.69, 9.17) is 15.9 Å². The number of pyridine rings is 1. The summed E-state index contributed by atoms with van der Waals surface area (Å²) in [5.41, 5.74) is 5.04. The van der Waals surface area contributed by atoms with Gasteiger partial charge in [0.15, 0.2) is 17.0 Å². The van der Waals surface area contributed by atoms with Crippen LogP contribution in [-0.2, 0) is 17.8 Å². The van der Waals surface area contributed by atoms with Crippen LogP contribution >= 0.6 is 0 Å². The molecule has 4 heterocycles. The van der Waals surface area contributed by atoms with Gasteiger partial charge in [0.1, 0.15) is 17.6 Å². The Labute approximate surface area is 186 Å². The van der Waals surface area contributed by atoms with Gasteiger partial charge in [-0.25, -0.2) is 4.79 Å². The number of amidine groups is 1. The molecule has 0 radical (unpaired) electrons. The van der Waals surface area contributed by atoms with Gasteiger partial charge in [-0.05, 0) is 18.6 Å². The van der Waals surface area contributed by atoms with Crippen molar-refractivity contribution in [1.29, 1.82) is 5.41 Å². The second-order valence-corrected chi connectivity index (χ2v) is 8.41. The number of benzene rings is 1. The molecule has 2 atom stereocenters. The first kappa shape index (κ1) is 20.5. The second-order valence-electron chi connectivity index (χ2n) is 8.41. The van der Waals surface area contributed by atoms with Crippen molar-refractivity contribution in [1.82, 2.24) is 20.5 Å². The average molecular weight is 452 g/mol. The Bertz CT molecular complexity index is 1330. The average Bonchev–Trinajstić information content (AvgIpc) is 3.40. The fraction of sp³-hybridized carbons (Fsp3) is 0.286. The Hall–Kier alpha value is -4.35. The lowest BCUT2D eigenvalue weighted by atomic mass is 9.89. The molecule has 33 heavy (non-hydrogen) atoms. The molecule has 0 spiro atoms. The molecule has 3 aliphatic rings. The summed E-state index contributed by atoms with van der Waals surface area (Å²) in [6.07, 6.45) is -1.10. The smallest absolute Gasteiger partial charge is 0.322 e. The number of ether oxygens (including phenoxy) is 1. The van der Waals surface area contributed by atoms with E-state index in [0.717, 1.165) is 11.1 Å². The number of nitrogens with two attached hydrogens (primary N) is 1. The molecule has 2 aromatic rings. The van der Waals surface area contributed by atoms with E-state index in [1.165, 1.54) is 4.90 Å². The van der Waals surface area contributed by atoms with Crippen LogP contribution in [0.25, 0.3) is 0 Å². The molecule has 4 amide bonds. The zero-order valence-electron chi connectivity index (χ0n) is 17.4. The van der Waals surface area contributed by atoms with E-state index in [0.29, 0.717) is 5.56 Å². The number of rotatable bonds is 4. The molecule has 3 aliphatic heterocycles. The number of H-pyrrole nitrogens is 1. The minimum Gasteiger partial charge on any atom is -0.502 e. The van der Waals surface area contributed by atoms with Crippen LogP contribution < -0.4 is 26.5 Å². The first-order valence-electron chi connectivity index (χ1n) is 10.1. The number of urea groups is 1. The monoisotopic (exact) mass is 452 g/mol.